The summed E-state index contributed by atoms with van der Waals surface area (Å²) in [7, 11) is 0. The van der Waals surface area contributed by atoms with Gasteiger partial charge in [-0.2, -0.15) is 0 Å². The minimum atomic E-state index is -0.130. The minimum Gasteiger partial charge on any atom is -0.352 e. The number of carbonyl (C=O) groups is 1. The van der Waals surface area contributed by atoms with Gasteiger partial charge in [-0.05, 0) is 43.0 Å². The maximum absolute atomic E-state index is 12.3. The number of amides is 1. The lowest BCUT2D eigenvalue weighted by Gasteiger charge is -2.31. The number of nitrogens with one attached hydrogen (secondary N) is 1. The van der Waals surface area contributed by atoms with E-state index in [1.54, 1.807) is 24.5 Å². The van der Waals surface area contributed by atoms with Gasteiger partial charge in [0.25, 0.3) is 5.91 Å². The molecule has 7 heteroatoms. The molecule has 0 aliphatic carbocycles. The van der Waals surface area contributed by atoms with Gasteiger partial charge in [-0.15, -0.1) is 0 Å². The molecule has 1 aromatic carbocycles. The monoisotopic (exact) mass is 408 g/mol. The number of aromatic nitrogens is 2. The van der Waals surface area contributed by atoms with E-state index in [0.717, 1.165) is 36.4 Å². The van der Waals surface area contributed by atoms with E-state index in [0.29, 0.717) is 23.0 Å². The minimum absolute atomic E-state index is 0.130. The Hall–Kier alpha value is -1.66. The zero-order valence-electron chi connectivity index (χ0n) is 13.1. The van der Waals surface area contributed by atoms with Gasteiger partial charge in [0.05, 0.1) is 10.6 Å². The molecule has 5 nitrogen and oxygen atoms in total. The maximum atomic E-state index is 12.3. The van der Waals surface area contributed by atoms with Gasteiger partial charge in [-0.25, -0.2) is 9.97 Å². The fraction of sp³-hybridized carbons (Fsp3) is 0.353. The van der Waals surface area contributed by atoms with Crippen molar-refractivity contribution in [3.05, 3.63) is 51.7 Å². The van der Waals surface area contributed by atoms with E-state index in [4.69, 9.17) is 11.6 Å². The predicted octanol–water partition coefficient (Wildman–Crippen LogP) is 3.54. The van der Waals surface area contributed by atoms with E-state index in [-0.39, 0.29) is 5.91 Å². The molecule has 2 aromatic rings. The van der Waals surface area contributed by atoms with Crippen molar-refractivity contribution < 1.29 is 4.79 Å². The fourth-order valence-electron chi connectivity index (χ4n) is 2.80. The summed E-state index contributed by atoms with van der Waals surface area (Å²) < 4.78 is 0.841. The highest BCUT2D eigenvalue weighted by molar-refractivity contribution is 9.10. The number of anilines is 1. The Kier molecular flexibility index (Phi) is 5.68. The Balaban J connectivity index is 1.50. The lowest BCUT2D eigenvalue weighted by molar-refractivity contribution is 0.0945. The Labute approximate surface area is 154 Å². The van der Waals surface area contributed by atoms with Crippen molar-refractivity contribution in [1.82, 2.24) is 15.3 Å². The van der Waals surface area contributed by atoms with Crippen molar-refractivity contribution in [3.63, 3.8) is 0 Å². The molecule has 1 aliphatic rings. The maximum Gasteiger partial charge on any atom is 0.252 e. The normalized spacial score (nSPS) is 15.3. The SMILES string of the molecule is O=C(NCC1CCN(c2ncccn2)CC1)c1cc(Br)ccc1Cl. The van der Waals surface area contributed by atoms with Crippen molar-refractivity contribution in [3.8, 4) is 0 Å². The first-order valence-electron chi connectivity index (χ1n) is 7.88. The number of nitrogens with zero attached hydrogens (tertiary/aromatic N) is 3. The van der Waals surface area contributed by atoms with Crippen molar-refractivity contribution in [2.75, 3.05) is 24.5 Å². The molecule has 0 bridgehead atoms. The lowest BCUT2D eigenvalue weighted by atomic mass is 9.97. The van der Waals surface area contributed by atoms with Crippen LogP contribution in [-0.2, 0) is 0 Å². The molecule has 0 saturated carbocycles. The highest BCUT2D eigenvalue weighted by Gasteiger charge is 2.21. The van der Waals surface area contributed by atoms with Crippen molar-refractivity contribution >= 4 is 39.4 Å². The summed E-state index contributed by atoms with van der Waals surface area (Å²) >= 11 is 9.46. The summed E-state index contributed by atoms with van der Waals surface area (Å²) in [6.07, 6.45) is 5.53. The summed E-state index contributed by atoms with van der Waals surface area (Å²) in [6, 6.07) is 7.10. The van der Waals surface area contributed by atoms with Gasteiger partial charge in [0.1, 0.15) is 0 Å². The van der Waals surface area contributed by atoms with Gasteiger partial charge in [0, 0.05) is 36.5 Å². The molecule has 24 heavy (non-hydrogen) atoms. The molecule has 1 N–H and O–H groups in total. The summed E-state index contributed by atoms with van der Waals surface area (Å²) in [4.78, 5) is 23.1. The largest absolute Gasteiger partial charge is 0.352 e. The van der Waals surface area contributed by atoms with Crippen LogP contribution in [0.2, 0.25) is 5.02 Å². The van der Waals surface area contributed by atoms with Crippen LogP contribution in [0.25, 0.3) is 0 Å². The Bertz CT molecular complexity index is 705. The van der Waals surface area contributed by atoms with Crippen LogP contribution in [-0.4, -0.2) is 35.5 Å². The molecule has 2 heterocycles. The van der Waals surface area contributed by atoms with Crippen LogP contribution < -0.4 is 10.2 Å². The number of hydrogen-bond donors (Lipinski definition) is 1. The molecule has 1 aromatic heterocycles. The third-order valence-electron chi connectivity index (χ3n) is 4.17. The van der Waals surface area contributed by atoms with Crippen LogP contribution in [0.1, 0.15) is 23.2 Å². The molecule has 0 spiro atoms. The van der Waals surface area contributed by atoms with Gasteiger partial charge in [-0.3, -0.25) is 4.79 Å². The van der Waals surface area contributed by atoms with E-state index in [1.165, 1.54) is 0 Å². The molecule has 1 aliphatic heterocycles. The van der Waals surface area contributed by atoms with Crippen molar-refractivity contribution in [2.24, 2.45) is 5.92 Å². The van der Waals surface area contributed by atoms with E-state index in [2.05, 4.69) is 36.1 Å². The number of hydrogen-bond acceptors (Lipinski definition) is 4. The molecule has 3 rings (SSSR count). The fourth-order valence-corrected chi connectivity index (χ4v) is 3.36. The average Bonchev–Trinajstić information content (AvgIpc) is 2.63. The standard InChI is InChI=1S/C17H18BrClN4O/c18-13-2-3-15(19)14(10-13)16(24)22-11-12-4-8-23(9-5-12)17-20-6-1-7-21-17/h1-3,6-7,10,12H,4-5,8-9,11H2,(H,22,24). The van der Waals surface area contributed by atoms with Gasteiger partial charge >= 0.3 is 0 Å². The highest BCUT2D eigenvalue weighted by atomic mass is 79.9. The van der Waals surface area contributed by atoms with E-state index in [9.17, 15) is 4.79 Å². The lowest BCUT2D eigenvalue weighted by Crippen LogP contribution is -2.39. The van der Waals surface area contributed by atoms with Crippen molar-refractivity contribution in [2.45, 2.75) is 12.8 Å². The van der Waals surface area contributed by atoms with Gasteiger partial charge in [0.15, 0.2) is 0 Å². The Morgan fingerprint density at radius 2 is 2.00 bits per heavy atom. The number of carbonyl (C=O) groups excluding carboxylic acids is 1. The first-order chi connectivity index (χ1) is 11.6. The zero-order valence-corrected chi connectivity index (χ0v) is 15.4. The number of halogens is 2. The summed E-state index contributed by atoms with van der Waals surface area (Å²) in [5.74, 6) is 1.11. The third-order valence-corrected chi connectivity index (χ3v) is 5.00. The van der Waals surface area contributed by atoms with E-state index < -0.39 is 0 Å². The number of rotatable bonds is 4. The second-order valence-corrected chi connectivity index (χ2v) is 7.14. The molecule has 1 saturated heterocycles. The second-order valence-electron chi connectivity index (χ2n) is 5.81. The van der Waals surface area contributed by atoms with E-state index >= 15 is 0 Å². The Morgan fingerprint density at radius 1 is 1.29 bits per heavy atom. The third kappa shape index (κ3) is 4.24. The highest BCUT2D eigenvalue weighted by Crippen LogP contribution is 2.22. The summed E-state index contributed by atoms with van der Waals surface area (Å²) in [5.41, 5.74) is 0.501. The molecular formula is C17H18BrClN4O. The zero-order chi connectivity index (χ0) is 16.9. The first kappa shape index (κ1) is 17.2. The van der Waals surface area contributed by atoms with E-state index in [1.807, 2.05) is 12.1 Å². The molecular weight excluding hydrogens is 392 g/mol. The molecule has 0 unspecified atom stereocenters. The van der Waals surface area contributed by atoms with Crippen LogP contribution in [0.3, 0.4) is 0 Å². The van der Waals surface area contributed by atoms with Gasteiger partial charge in [-0.1, -0.05) is 27.5 Å². The van der Waals surface area contributed by atoms with Crippen LogP contribution in [0, 0.1) is 5.92 Å². The topological polar surface area (TPSA) is 58.1 Å². The molecule has 0 radical (unpaired) electrons. The first-order valence-corrected chi connectivity index (χ1v) is 9.06. The second kappa shape index (κ2) is 7.94. The quantitative estimate of drug-likeness (QED) is 0.839. The van der Waals surface area contributed by atoms with Crippen LogP contribution in [0.5, 0.6) is 0 Å². The summed E-state index contributed by atoms with van der Waals surface area (Å²) in [5, 5.41) is 3.46. The average molecular weight is 410 g/mol. The number of benzene rings is 1. The molecule has 1 amide bonds. The molecule has 1 fully saturated rings. The van der Waals surface area contributed by atoms with Crippen LogP contribution >= 0.6 is 27.5 Å². The predicted molar refractivity (Wildman–Crippen MR) is 98.5 cm³/mol. The number of piperidine rings is 1. The van der Waals surface area contributed by atoms with Gasteiger partial charge in [0.2, 0.25) is 5.95 Å². The summed E-state index contributed by atoms with van der Waals surface area (Å²) in [6.45, 7) is 2.47. The molecule has 126 valence electrons. The smallest absolute Gasteiger partial charge is 0.252 e. The Morgan fingerprint density at radius 3 is 2.71 bits per heavy atom. The van der Waals surface area contributed by atoms with Gasteiger partial charge < -0.3 is 10.2 Å². The van der Waals surface area contributed by atoms with Crippen LogP contribution in [0.15, 0.2) is 41.1 Å². The van der Waals surface area contributed by atoms with Crippen LogP contribution in [0.4, 0.5) is 5.95 Å². The van der Waals surface area contributed by atoms with Crippen molar-refractivity contribution in [1.29, 1.82) is 0 Å². The molecule has 0 atom stereocenters.